The molecule has 2 aliphatic carbocycles. The summed E-state index contributed by atoms with van der Waals surface area (Å²) < 4.78 is 1.98. The third-order valence-corrected chi connectivity index (χ3v) is 5.64. The maximum Gasteiger partial charge on any atom is 0.0847 e. The number of rotatable bonds is 5. The van der Waals surface area contributed by atoms with Crippen LogP contribution in [0.4, 0.5) is 0 Å². The lowest BCUT2D eigenvalue weighted by Crippen LogP contribution is -2.38. The first-order valence-electron chi connectivity index (χ1n) is 7.81. The molecule has 0 aliphatic heterocycles. The lowest BCUT2D eigenvalue weighted by molar-refractivity contribution is 0.236. The van der Waals surface area contributed by atoms with Crippen molar-refractivity contribution < 1.29 is 0 Å². The Hall–Kier alpha value is -0.540. The van der Waals surface area contributed by atoms with Gasteiger partial charge < -0.3 is 5.32 Å². The van der Waals surface area contributed by atoms with E-state index in [9.17, 15) is 0 Å². The lowest BCUT2D eigenvalue weighted by Gasteiger charge is -2.32. The Morgan fingerprint density at radius 3 is 2.55 bits per heavy atom. The first kappa shape index (κ1) is 14.4. The average molecular weight is 296 g/mol. The van der Waals surface area contributed by atoms with E-state index in [0.29, 0.717) is 11.5 Å². The van der Waals surface area contributed by atoms with E-state index in [0.717, 1.165) is 35.5 Å². The topological polar surface area (TPSA) is 29.9 Å². The molecule has 0 radical (unpaired) electrons. The maximum atomic E-state index is 6.46. The fraction of sp³-hybridized carbons (Fsp3) is 0.812. The third kappa shape index (κ3) is 2.62. The minimum atomic E-state index is 0.391. The molecule has 1 N–H and O–H groups in total. The number of aromatic nitrogens is 2. The highest BCUT2D eigenvalue weighted by molar-refractivity contribution is 6.31. The van der Waals surface area contributed by atoms with Crippen molar-refractivity contribution in [1.29, 1.82) is 0 Å². The van der Waals surface area contributed by atoms with E-state index >= 15 is 0 Å². The van der Waals surface area contributed by atoms with Crippen LogP contribution in [0.2, 0.25) is 5.02 Å². The molecule has 2 aliphatic rings. The van der Waals surface area contributed by atoms with Crippen molar-refractivity contribution in [2.24, 2.45) is 24.3 Å². The molecule has 0 amide bonds. The zero-order valence-electron chi connectivity index (χ0n) is 13.0. The van der Waals surface area contributed by atoms with E-state index in [-0.39, 0.29) is 0 Å². The van der Waals surface area contributed by atoms with Gasteiger partial charge in [0.05, 0.1) is 16.4 Å². The molecule has 2 saturated carbocycles. The Kier molecular flexibility index (Phi) is 3.62. The molecule has 112 valence electrons. The molecule has 1 aromatic rings. The van der Waals surface area contributed by atoms with Crippen LogP contribution in [0.25, 0.3) is 0 Å². The van der Waals surface area contributed by atoms with Crippen molar-refractivity contribution in [2.45, 2.75) is 52.5 Å². The Morgan fingerprint density at radius 1 is 1.40 bits per heavy atom. The van der Waals surface area contributed by atoms with Gasteiger partial charge in [-0.15, -0.1) is 0 Å². The first-order valence-corrected chi connectivity index (χ1v) is 8.19. The number of hydrogen-bond acceptors (Lipinski definition) is 2. The van der Waals surface area contributed by atoms with Crippen LogP contribution in [-0.2, 0) is 13.5 Å². The predicted octanol–water partition coefficient (Wildman–Crippen LogP) is 3.34. The summed E-state index contributed by atoms with van der Waals surface area (Å²) in [7, 11) is 2.02. The second-order valence-electron chi connectivity index (χ2n) is 7.35. The highest BCUT2D eigenvalue weighted by Crippen LogP contribution is 2.60. The minimum Gasteiger partial charge on any atom is -0.314 e. The van der Waals surface area contributed by atoms with Crippen molar-refractivity contribution >= 4 is 11.6 Å². The van der Waals surface area contributed by atoms with Gasteiger partial charge in [-0.25, -0.2) is 0 Å². The molecule has 2 fully saturated rings. The Morgan fingerprint density at radius 2 is 2.05 bits per heavy atom. The summed E-state index contributed by atoms with van der Waals surface area (Å²) in [6.07, 6.45) is 5.24. The van der Waals surface area contributed by atoms with Crippen molar-refractivity contribution in [3.8, 4) is 0 Å². The van der Waals surface area contributed by atoms with Gasteiger partial charge in [0.15, 0.2) is 0 Å². The molecular formula is C16H26ClN3. The van der Waals surface area contributed by atoms with Gasteiger partial charge in [0, 0.05) is 19.6 Å². The van der Waals surface area contributed by atoms with Gasteiger partial charge in [-0.05, 0) is 49.9 Å². The number of nitrogens with one attached hydrogen (secondary N) is 1. The van der Waals surface area contributed by atoms with Crippen LogP contribution >= 0.6 is 11.6 Å². The normalized spacial score (nSPS) is 31.9. The standard InChI is InChI=1S/C16H26ClN3/c1-10(2)18-9-16(6-12-5-13(12)7-16)8-14-15(17)11(3)19-20(14)4/h10,12-13,18H,5-9H2,1-4H3. The smallest absolute Gasteiger partial charge is 0.0847 e. The van der Waals surface area contributed by atoms with Gasteiger partial charge in [0.1, 0.15) is 0 Å². The van der Waals surface area contributed by atoms with Crippen molar-refractivity contribution in [3.63, 3.8) is 0 Å². The predicted molar refractivity (Wildman–Crippen MR) is 83.1 cm³/mol. The van der Waals surface area contributed by atoms with Crippen molar-refractivity contribution in [1.82, 2.24) is 15.1 Å². The summed E-state index contributed by atoms with van der Waals surface area (Å²) in [5.41, 5.74) is 2.57. The van der Waals surface area contributed by atoms with Gasteiger partial charge in [-0.1, -0.05) is 25.4 Å². The molecule has 20 heavy (non-hydrogen) atoms. The number of aryl methyl sites for hydroxylation is 2. The summed E-state index contributed by atoms with van der Waals surface area (Å²) in [5.74, 6) is 1.97. The Labute approximate surface area is 127 Å². The molecule has 3 nitrogen and oxygen atoms in total. The maximum absolute atomic E-state index is 6.46. The fourth-order valence-electron chi connectivity index (χ4n) is 4.01. The second kappa shape index (κ2) is 5.03. The zero-order valence-corrected chi connectivity index (χ0v) is 13.8. The van der Waals surface area contributed by atoms with Crippen molar-refractivity contribution in [3.05, 3.63) is 16.4 Å². The molecule has 0 aromatic carbocycles. The number of halogens is 1. The van der Waals surface area contributed by atoms with Crippen LogP contribution in [0.5, 0.6) is 0 Å². The Balaban J connectivity index is 1.79. The van der Waals surface area contributed by atoms with Crippen LogP contribution in [0.1, 0.15) is 44.5 Å². The van der Waals surface area contributed by atoms with Gasteiger partial charge in [0.2, 0.25) is 0 Å². The SMILES string of the molecule is Cc1nn(C)c(CC2(CNC(C)C)CC3CC3C2)c1Cl. The molecule has 1 heterocycles. The van der Waals surface area contributed by atoms with Gasteiger partial charge in [-0.2, -0.15) is 5.10 Å². The summed E-state index contributed by atoms with van der Waals surface area (Å²) >= 11 is 6.46. The number of hydrogen-bond donors (Lipinski definition) is 1. The van der Waals surface area contributed by atoms with Crippen LogP contribution < -0.4 is 5.32 Å². The minimum absolute atomic E-state index is 0.391. The van der Waals surface area contributed by atoms with Crippen LogP contribution in [0.3, 0.4) is 0 Å². The lowest BCUT2D eigenvalue weighted by atomic mass is 9.78. The molecule has 2 unspecified atom stereocenters. The highest BCUT2D eigenvalue weighted by Gasteiger charge is 2.53. The molecule has 0 bridgehead atoms. The van der Waals surface area contributed by atoms with E-state index < -0.39 is 0 Å². The van der Waals surface area contributed by atoms with Crippen LogP contribution in [0, 0.1) is 24.2 Å². The van der Waals surface area contributed by atoms with E-state index in [1.165, 1.54) is 25.0 Å². The first-order chi connectivity index (χ1) is 9.40. The molecular weight excluding hydrogens is 270 g/mol. The summed E-state index contributed by atoms with van der Waals surface area (Å²) in [6.45, 7) is 7.56. The van der Waals surface area contributed by atoms with Gasteiger partial charge in [-0.3, -0.25) is 4.68 Å². The fourth-order valence-corrected chi connectivity index (χ4v) is 4.23. The van der Waals surface area contributed by atoms with Crippen molar-refractivity contribution in [2.75, 3.05) is 6.54 Å². The zero-order chi connectivity index (χ0) is 14.5. The molecule has 4 heteroatoms. The summed E-state index contributed by atoms with van der Waals surface area (Å²) in [5, 5.41) is 9.01. The van der Waals surface area contributed by atoms with E-state index in [1.807, 2.05) is 18.7 Å². The molecule has 0 saturated heterocycles. The Bertz CT molecular complexity index is 496. The van der Waals surface area contributed by atoms with E-state index in [2.05, 4.69) is 24.3 Å². The van der Waals surface area contributed by atoms with Crippen LogP contribution in [0.15, 0.2) is 0 Å². The third-order valence-electron chi connectivity index (χ3n) is 5.15. The number of fused-ring (bicyclic) bond motifs is 1. The van der Waals surface area contributed by atoms with Gasteiger partial charge in [0.25, 0.3) is 0 Å². The van der Waals surface area contributed by atoms with E-state index in [1.54, 1.807) is 0 Å². The number of nitrogens with zero attached hydrogens (tertiary/aromatic N) is 2. The van der Waals surface area contributed by atoms with E-state index in [4.69, 9.17) is 11.6 Å². The summed E-state index contributed by atoms with van der Waals surface area (Å²) in [6, 6.07) is 0.549. The second-order valence-corrected chi connectivity index (χ2v) is 7.72. The monoisotopic (exact) mass is 295 g/mol. The molecule has 0 spiro atoms. The molecule has 2 atom stereocenters. The molecule has 3 rings (SSSR count). The quantitative estimate of drug-likeness (QED) is 0.903. The van der Waals surface area contributed by atoms with Gasteiger partial charge >= 0.3 is 0 Å². The average Bonchev–Trinajstić information content (AvgIpc) is 2.93. The largest absolute Gasteiger partial charge is 0.314 e. The molecule has 1 aromatic heterocycles. The summed E-state index contributed by atoms with van der Waals surface area (Å²) in [4.78, 5) is 0. The van der Waals surface area contributed by atoms with Crippen LogP contribution in [-0.4, -0.2) is 22.4 Å². The highest BCUT2D eigenvalue weighted by atomic mass is 35.5.